The topological polar surface area (TPSA) is 20.2 Å². The number of benzene rings is 3. The molecule has 0 radical (unpaired) electrons. The van der Waals surface area contributed by atoms with Gasteiger partial charge in [-0.15, -0.1) is 0 Å². The van der Waals surface area contributed by atoms with Crippen molar-refractivity contribution in [1.29, 1.82) is 0 Å². The van der Waals surface area contributed by atoms with Crippen molar-refractivity contribution in [2.24, 2.45) is 0 Å². The number of fused-ring (bicyclic) bond motifs is 1. The van der Waals surface area contributed by atoms with E-state index in [1.165, 1.54) is 33.4 Å². The van der Waals surface area contributed by atoms with Crippen molar-refractivity contribution < 1.29 is 5.11 Å². The van der Waals surface area contributed by atoms with Gasteiger partial charge in [-0.2, -0.15) is 0 Å². The van der Waals surface area contributed by atoms with Crippen molar-refractivity contribution in [2.75, 3.05) is 0 Å². The van der Waals surface area contributed by atoms with Crippen LogP contribution in [0.3, 0.4) is 0 Å². The van der Waals surface area contributed by atoms with Gasteiger partial charge in [0.05, 0.1) is 0 Å². The fourth-order valence-electron chi connectivity index (χ4n) is 4.24. The first kappa shape index (κ1) is 17.6. The van der Waals surface area contributed by atoms with Crippen LogP contribution in [0.25, 0.3) is 11.6 Å². The van der Waals surface area contributed by atoms with Crippen LogP contribution in [0.1, 0.15) is 60.9 Å². The Balaban J connectivity index is 1.66. The average Bonchev–Trinajstić information content (AvgIpc) is 3.07. The largest absolute Gasteiger partial charge is 0.508 e. The molecule has 1 aliphatic rings. The van der Waals surface area contributed by atoms with Crippen LogP contribution in [-0.2, 0) is 5.41 Å². The third-order valence-electron chi connectivity index (χ3n) is 6.00. The summed E-state index contributed by atoms with van der Waals surface area (Å²) in [6.07, 6.45) is 3.47. The molecule has 0 aromatic heterocycles. The molecule has 1 nitrogen and oxygen atoms in total. The van der Waals surface area contributed by atoms with Gasteiger partial charge in [0.2, 0.25) is 0 Å². The summed E-state index contributed by atoms with van der Waals surface area (Å²) in [6, 6.07) is 25.3. The molecule has 0 bridgehead atoms. The van der Waals surface area contributed by atoms with Crippen LogP contribution < -0.4 is 0 Å². The number of aromatic hydroxyl groups is 1. The van der Waals surface area contributed by atoms with Crippen LogP contribution in [0, 0.1) is 0 Å². The van der Waals surface area contributed by atoms with Crippen molar-refractivity contribution in [1.82, 2.24) is 0 Å². The predicted molar refractivity (Wildman–Crippen MR) is 114 cm³/mol. The van der Waals surface area contributed by atoms with Crippen molar-refractivity contribution in [3.63, 3.8) is 0 Å². The van der Waals surface area contributed by atoms with Crippen molar-refractivity contribution in [3.05, 3.63) is 101 Å². The molecule has 0 fully saturated rings. The fraction of sp³-hybridized carbons (Fsp3) is 0.231. The summed E-state index contributed by atoms with van der Waals surface area (Å²) < 4.78 is 0. The van der Waals surface area contributed by atoms with Crippen molar-refractivity contribution in [3.8, 4) is 5.75 Å². The molecule has 1 N–H and O–H groups in total. The maximum Gasteiger partial charge on any atom is 0.115 e. The summed E-state index contributed by atoms with van der Waals surface area (Å²) in [5.41, 5.74) is 7.91. The molecule has 1 atom stereocenters. The summed E-state index contributed by atoms with van der Waals surface area (Å²) in [4.78, 5) is 0. The van der Waals surface area contributed by atoms with Gasteiger partial charge in [-0.25, -0.2) is 0 Å². The molecule has 3 aromatic carbocycles. The molecular formula is C26H26O. The van der Waals surface area contributed by atoms with E-state index in [4.69, 9.17) is 0 Å². The summed E-state index contributed by atoms with van der Waals surface area (Å²) in [5, 5.41) is 9.57. The quantitative estimate of drug-likeness (QED) is 0.548. The highest BCUT2D eigenvalue weighted by Gasteiger charge is 2.26. The molecule has 0 saturated carbocycles. The third-order valence-corrected chi connectivity index (χ3v) is 6.00. The Kier molecular flexibility index (Phi) is 4.39. The van der Waals surface area contributed by atoms with Gasteiger partial charge < -0.3 is 5.11 Å². The minimum Gasteiger partial charge on any atom is -0.508 e. The maximum absolute atomic E-state index is 9.57. The van der Waals surface area contributed by atoms with Gasteiger partial charge in [0.1, 0.15) is 5.75 Å². The Bertz CT molecular complexity index is 975. The molecule has 0 amide bonds. The molecule has 1 unspecified atom stereocenters. The van der Waals surface area contributed by atoms with E-state index in [-0.39, 0.29) is 5.41 Å². The van der Waals surface area contributed by atoms with Gasteiger partial charge in [0.15, 0.2) is 0 Å². The minimum absolute atomic E-state index is 0.108. The average molecular weight is 354 g/mol. The Morgan fingerprint density at radius 2 is 1.41 bits per heavy atom. The number of hydrogen-bond donors (Lipinski definition) is 1. The first-order valence-electron chi connectivity index (χ1n) is 9.71. The number of rotatable bonds is 4. The highest BCUT2D eigenvalue weighted by molar-refractivity contribution is 5.91. The second-order valence-corrected chi connectivity index (χ2v) is 7.94. The zero-order valence-electron chi connectivity index (χ0n) is 16.2. The van der Waals surface area contributed by atoms with Crippen LogP contribution in [0.2, 0.25) is 0 Å². The molecule has 0 saturated heterocycles. The standard InChI is InChI=1S/C26H26O/c1-4-23-24-8-6-5-7-19(24)17-25(23)18-9-11-20(12-10-18)26(2,3)21-13-15-22(27)16-14-21/h5-17,23,27H,4H2,1-3H3. The van der Waals surface area contributed by atoms with Crippen molar-refractivity contribution >= 4 is 11.6 Å². The lowest BCUT2D eigenvalue weighted by atomic mass is 9.77. The number of allylic oxidation sites excluding steroid dienone is 1. The normalized spacial score (nSPS) is 16.1. The lowest BCUT2D eigenvalue weighted by Crippen LogP contribution is -2.18. The van der Waals surface area contributed by atoms with Gasteiger partial charge in [-0.3, -0.25) is 0 Å². The van der Waals surface area contributed by atoms with Crippen LogP contribution in [0.5, 0.6) is 5.75 Å². The summed E-state index contributed by atoms with van der Waals surface area (Å²) >= 11 is 0. The monoisotopic (exact) mass is 354 g/mol. The van der Waals surface area contributed by atoms with Gasteiger partial charge in [-0.1, -0.05) is 87.5 Å². The molecule has 1 heteroatoms. The van der Waals surface area contributed by atoms with Crippen LogP contribution in [-0.4, -0.2) is 5.11 Å². The van der Waals surface area contributed by atoms with E-state index in [0.717, 1.165) is 6.42 Å². The lowest BCUT2D eigenvalue weighted by Gasteiger charge is -2.26. The Morgan fingerprint density at radius 1 is 0.815 bits per heavy atom. The Morgan fingerprint density at radius 3 is 2.04 bits per heavy atom. The van der Waals surface area contributed by atoms with E-state index in [0.29, 0.717) is 11.7 Å². The van der Waals surface area contributed by atoms with E-state index >= 15 is 0 Å². The van der Waals surface area contributed by atoms with Crippen molar-refractivity contribution in [2.45, 2.75) is 38.5 Å². The molecule has 3 aromatic rings. The van der Waals surface area contributed by atoms with Gasteiger partial charge in [0, 0.05) is 11.3 Å². The second kappa shape index (κ2) is 6.74. The Labute approximate surface area is 162 Å². The van der Waals surface area contributed by atoms with Gasteiger partial charge >= 0.3 is 0 Å². The summed E-state index contributed by atoms with van der Waals surface area (Å²) in [7, 11) is 0. The van der Waals surface area contributed by atoms with E-state index < -0.39 is 0 Å². The number of hydrogen-bond acceptors (Lipinski definition) is 1. The minimum atomic E-state index is -0.108. The van der Waals surface area contributed by atoms with E-state index in [1.54, 1.807) is 12.1 Å². The van der Waals surface area contributed by atoms with E-state index in [2.05, 4.69) is 75.4 Å². The maximum atomic E-state index is 9.57. The zero-order chi connectivity index (χ0) is 19.0. The van der Waals surface area contributed by atoms with Crippen LogP contribution >= 0.6 is 0 Å². The zero-order valence-corrected chi connectivity index (χ0v) is 16.2. The second-order valence-electron chi connectivity index (χ2n) is 7.94. The predicted octanol–water partition coefficient (Wildman–Crippen LogP) is 6.77. The number of phenolic OH excluding ortho intramolecular Hbond substituents is 1. The summed E-state index contributed by atoms with van der Waals surface area (Å²) in [5.74, 6) is 0.792. The highest BCUT2D eigenvalue weighted by Crippen LogP contribution is 2.44. The van der Waals surface area contributed by atoms with Crippen LogP contribution in [0.15, 0.2) is 72.8 Å². The molecule has 1 aliphatic carbocycles. The SMILES string of the molecule is CCC1C(c2ccc(C(C)(C)c3ccc(O)cc3)cc2)=Cc2ccccc21. The fourth-order valence-corrected chi connectivity index (χ4v) is 4.24. The first-order valence-corrected chi connectivity index (χ1v) is 9.71. The third kappa shape index (κ3) is 3.08. The molecule has 136 valence electrons. The molecular weight excluding hydrogens is 328 g/mol. The highest BCUT2D eigenvalue weighted by atomic mass is 16.3. The van der Waals surface area contributed by atoms with Gasteiger partial charge in [0.25, 0.3) is 0 Å². The van der Waals surface area contributed by atoms with Gasteiger partial charge in [-0.05, 0) is 51.9 Å². The van der Waals surface area contributed by atoms with Crippen LogP contribution in [0.4, 0.5) is 0 Å². The van der Waals surface area contributed by atoms with E-state index in [9.17, 15) is 5.11 Å². The summed E-state index contributed by atoms with van der Waals surface area (Å²) in [6.45, 7) is 6.73. The molecule has 4 rings (SSSR count). The molecule has 0 aliphatic heterocycles. The molecule has 0 spiro atoms. The lowest BCUT2D eigenvalue weighted by molar-refractivity contribution is 0.474. The first-order chi connectivity index (χ1) is 13.0. The molecule has 0 heterocycles. The smallest absolute Gasteiger partial charge is 0.115 e. The molecule has 27 heavy (non-hydrogen) atoms. The van der Waals surface area contributed by atoms with E-state index in [1.807, 2.05) is 12.1 Å². The Hall–Kier alpha value is -2.80. The number of phenols is 1.